The van der Waals surface area contributed by atoms with E-state index in [1.807, 2.05) is 13.8 Å². The first-order chi connectivity index (χ1) is 10.1. The number of ether oxygens (including phenoxy) is 3. The standard InChI is InChI=1S/C14H26N4O3/c1-11(2)21-14-12(15)13(16-10-17-14)18(7-9-20-4)6-5-8-19-3/h10-11H,5-9,15H2,1-4H3. The van der Waals surface area contributed by atoms with Crippen LogP contribution in [0.3, 0.4) is 0 Å². The monoisotopic (exact) mass is 298 g/mol. The summed E-state index contributed by atoms with van der Waals surface area (Å²) in [4.78, 5) is 10.5. The highest BCUT2D eigenvalue weighted by Gasteiger charge is 2.16. The van der Waals surface area contributed by atoms with Crippen LogP contribution in [0.15, 0.2) is 6.33 Å². The minimum absolute atomic E-state index is 0.0102. The van der Waals surface area contributed by atoms with Gasteiger partial charge in [-0.15, -0.1) is 0 Å². The third-order valence-corrected chi connectivity index (χ3v) is 2.82. The zero-order valence-electron chi connectivity index (χ0n) is 13.3. The van der Waals surface area contributed by atoms with Crippen LogP contribution in [0, 0.1) is 0 Å². The number of hydrogen-bond donors (Lipinski definition) is 1. The first-order valence-corrected chi connectivity index (χ1v) is 7.10. The van der Waals surface area contributed by atoms with Gasteiger partial charge in [-0.1, -0.05) is 0 Å². The molecule has 0 atom stereocenters. The Bertz CT molecular complexity index is 415. The van der Waals surface area contributed by atoms with Crippen molar-refractivity contribution in [3.8, 4) is 5.88 Å². The number of nitrogens with zero attached hydrogens (tertiary/aromatic N) is 3. The van der Waals surface area contributed by atoms with Crippen LogP contribution in [-0.4, -0.2) is 56.6 Å². The van der Waals surface area contributed by atoms with Crippen LogP contribution in [-0.2, 0) is 9.47 Å². The van der Waals surface area contributed by atoms with Crippen LogP contribution >= 0.6 is 0 Å². The van der Waals surface area contributed by atoms with Gasteiger partial charge in [0.1, 0.15) is 12.0 Å². The van der Waals surface area contributed by atoms with E-state index in [0.29, 0.717) is 37.1 Å². The van der Waals surface area contributed by atoms with Crippen LogP contribution in [0.2, 0.25) is 0 Å². The van der Waals surface area contributed by atoms with E-state index in [2.05, 4.69) is 14.9 Å². The summed E-state index contributed by atoms with van der Waals surface area (Å²) < 4.78 is 15.8. The van der Waals surface area contributed by atoms with Gasteiger partial charge in [0.2, 0.25) is 5.88 Å². The number of anilines is 2. The summed E-state index contributed by atoms with van der Waals surface area (Å²) >= 11 is 0. The summed E-state index contributed by atoms with van der Waals surface area (Å²) in [5.74, 6) is 1.10. The highest BCUT2D eigenvalue weighted by molar-refractivity contribution is 5.67. The number of aromatic nitrogens is 2. The second kappa shape index (κ2) is 9.36. The molecule has 1 rings (SSSR count). The van der Waals surface area contributed by atoms with E-state index in [-0.39, 0.29) is 6.10 Å². The van der Waals surface area contributed by atoms with Crippen molar-refractivity contribution < 1.29 is 14.2 Å². The largest absolute Gasteiger partial charge is 0.473 e. The number of methoxy groups -OCH3 is 2. The van der Waals surface area contributed by atoms with E-state index in [1.54, 1.807) is 14.2 Å². The van der Waals surface area contributed by atoms with Gasteiger partial charge in [0, 0.05) is 33.9 Å². The topological polar surface area (TPSA) is 82.7 Å². The second-order valence-electron chi connectivity index (χ2n) is 4.91. The van der Waals surface area contributed by atoms with Gasteiger partial charge in [0.15, 0.2) is 5.82 Å². The van der Waals surface area contributed by atoms with Crippen LogP contribution in [0.1, 0.15) is 20.3 Å². The highest BCUT2D eigenvalue weighted by Crippen LogP contribution is 2.28. The summed E-state index contributed by atoms with van der Waals surface area (Å²) in [6.07, 6.45) is 2.36. The Balaban J connectivity index is 2.88. The summed E-state index contributed by atoms with van der Waals surface area (Å²) in [7, 11) is 3.36. The molecule has 0 unspecified atom stereocenters. The van der Waals surface area contributed by atoms with Gasteiger partial charge in [-0.25, -0.2) is 4.98 Å². The predicted molar refractivity (Wildman–Crippen MR) is 82.8 cm³/mol. The lowest BCUT2D eigenvalue weighted by molar-refractivity contribution is 0.191. The molecular weight excluding hydrogens is 272 g/mol. The summed E-state index contributed by atoms with van der Waals surface area (Å²) in [5, 5.41) is 0. The summed E-state index contributed by atoms with van der Waals surface area (Å²) in [6, 6.07) is 0. The average Bonchev–Trinajstić information content (AvgIpc) is 2.45. The van der Waals surface area contributed by atoms with Gasteiger partial charge in [-0.2, -0.15) is 4.98 Å². The van der Waals surface area contributed by atoms with Crippen LogP contribution < -0.4 is 15.4 Å². The Labute approximate surface area is 126 Å². The summed E-state index contributed by atoms with van der Waals surface area (Å²) in [6.45, 7) is 6.62. The maximum atomic E-state index is 6.14. The molecule has 1 aromatic heterocycles. The maximum absolute atomic E-state index is 6.14. The predicted octanol–water partition coefficient (Wildman–Crippen LogP) is 1.34. The van der Waals surface area contributed by atoms with Crippen molar-refractivity contribution in [2.75, 3.05) is 51.2 Å². The molecule has 0 amide bonds. The third kappa shape index (κ3) is 5.73. The van der Waals surface area contributed by atoms with Gasteiger partial charge >= 0.3 is 0 Å². The fourth-order valence-corrected chi connectivity index (χ4v) is 1.86. The van der Waals surface area contributed by atoms with Crippen molar-refractivity contribution in [3.63, 3.8) is 0 Å². The maximum Gasteiger partial charge on any atom is 0.242 e. The van der Waals surface area contributed by atoms with Crippen molar-refractivity contribution >= 4 is 11.5 Å². The van der Waals surface area contributed by atoms with Crippen molar-refractivity contribution in [3.05, 3.63) is 6.33 Å². The smallest absolute Gasteiger partial charge is 0.242 e. The van der Waals surface area contributed by atoms with E-state index in [0.717, 1.165) is 13.0 Å². The lowest BCUT2D eigenvalue weighted by Gasteiger charge is -2.25. The van der Waals surface area contributed by atoms with E-state index < -0.39 is 0 Å². The number of rotatable bonds is 10. The quantitative estimate of drug-likeness (QED) is 0.652. The first kappa shape index (κ1) is 17.5. The molecular formula is C14H26N4O3. The number of hydrogen-bond acceptors (Lipinski definition) is 7. The highest BCUT2D eigenvalue weighted by atomic mass is 16.5. The van der Waals surface area contributed by atoms with Crippen molar-refractivity contribution in [1.29, 1.82) is 0 Å². The van der Waals surface area contributed by atoms with E-state index in [4.69, 9.17) is 19.9 Å². The lowest BCUT2D eigenvalue weighted by atomic mass is 10.3. The van der Waals surface area contributed by atoms with E-state index in [9.17, 15) is 0 Å². The van der Waals surface area contributed by atoms with Gasteiger partial charge in [-0.05, 0) is 20.3 Å². The molecule has 21 heavy (non-hydrogen) atoms. The molecule has 0 radical (unpaired) electrons. The minimum atomic E-state index is 0.0102. The third-order valence-electron chi connectivity index (χ3n) is 2.82. The molecule has 2 N–H and O–H groups in total. The van der Waals surface area contributed by atoms with Gasteiger partial charge < -0.3 is 24.8 Å². The Morgan fingerprint density at radius 1 is 1.14 bits per heavy atom. The molecule has 0 saturated heterocycles. The first-order valence-electron chi connectivity index (χ1n) is 7.10. The molecule has 120 valence electrons. The second-order valence-corrected chi connectivity index (χ2v) is 4.91. The lowest BCUT2D eigenvalue weighted by Crippen LogP contribution is -2.31. The fourth-order valence-electron chi connectivity index (χ4n) is 1.86. The van der Waals surface area contributed by atoms with Crippen LogP contribution in [0.25, 0.3) is 0 Å². The van der Waals surface area contributed by atoms with Crippen LogP contribution in [0.5, 0.6) is 5.88 Å². The van der Waals surface area contributed by atoms with E-state index in [1.165, 1.54) is 6.33 Å². The van der Waals surface area contributed by atoms with Crippen LogP contribution in [0.4, 0.5) is 11.5 Å². The van der Waals surface area contributed by atoms with Crippen molar-refractivity contribution in [2.45, 2.75) is 26.4 Å². The number of nitrogen functional groups attached to an aromatic ring is 1. The van der Waals surface area contributed by atoms with Gasteiger partial charge in [-0.3, -0.25) is 0 Å². The molecule has 7 nitrogen and oxygen atoms in total. The summed E-state index contributed by atoms with van der Waals surface area (Å²) in [5.41, 5.74) is 6.60. The average molecular weight is 298 g/mol. The molecule has 0 aliphatic heterocycles. The Hall–Kier alpha value is -1.60. The molecule has 1 heterocycles. The molecule has 0 spiro atoms. The van der Waals surface area contributed by atoms with E-state index >= 15 is 0 Å². The molecule has 0 saturated carbocycles. The zero-order valence-corrected chi connectivity index (χ0v) is 13.3. The molecule has 0 aliphatic carbocycles. The van der Waals surface area contributed by atoms with Gasteiger partial charge in [0.05, 0.1) is 12.7 Å². The SMILES string of the molecule is COCCCN(CCOC)c1ncnc(OC(C)C)c1N. The molecule has 1 aromatic rings. The van der Waals surface area contributed by atoms with Crippen molar-refractivity contribution in [1.82, 2.24) is 9.97 Å². The molecule has 0 aromatic carbocycles. The normalized spacial score (nSPS) is 10.9. The Kier molecular flexibility index (Phi) is 7.78. The molecule has 7 heteroatoms. The Morgan fingerprint density at radius 3 is 2.48 bits per heavy atom. The molecule has 0 bridgehead atoms. The zero-order chi connectivity index (χ0) is 15.7. The minimum Gasteiger partial charge on any atom is -0.473 e. The van der Waals surface area contributed by atoms with Gasteiger partial charge in [0.25, 0.3) is 0 Å². The molecule has 0 aliphatic rings. The molecule has 0 fully saturated rings. The van der Waals surface area contributed by atoms with Crippen molar-refractivity contribution in [2.24, 2.45) is 0 Å². The fraction of sp³-hybridized carbons (Fsp3) is 0.714. The Morgan fingerprint density at radius 2 is 1.86 bits per heavy atom. The number of nitrogens with two attached hydrogens (primary N) is 1.